The van der Waals surface area contributed by atoms with Gasteiger partial charge in [0.1, 0.15) is 0 Å². The second-order valence-electron chi connectivity index (χ2n) is 5.76. The van der Waals surface area contributed by atoms with Crippen molar-refractivity contribution >= 4 is 23.5 Å². The van der Waals surface area contributed by atoms with Crippen molar-refractivity contribution in [3.05, 3.63) is 63.9 Å². The van der Waals surface area contributed by atoms with Crippen LogP contribution in [0.25, 0.3) is 0 Å². The van der Waals surface area contributed by atoms with E-state index in [9.17, 15) is 22.8 Å². The maximum atomic E-state index is 13.1. The summed E-state index contributed by atoms with van der Waals surface area (Å²) >= 11 is 6.08. The van der Waals surface area contributed by atoms with Gasteiger partial charge in [-0.2, -0.15) is 13.2 Å². The number of aromatic nitrogens is 1. The Morgan fingerprint density at radius 2 is 1.96 bits per heavy atom. The highest BCUT2D eigenvalue weighted by molar-refractivity contribution is 6.31. The molecule has 0 bridgehead atoms. The summed E-state index contributed by atoms with van der Waals surface area (Å²) in [7, 11) is 0. The number of esters is 1. The largest absolute Gasteiger partial charge is 0.441 e. The monoisotopic (exact) mass is 400 g/mol. The second-order valence-corrected chi connectivity index (χ2v) is 6.17. The van der Waals surface area contributed by atoms with Crippen LogP contribution in [-0.4, -0.2) is 23.1 Å². The number of ether oxygens (including phenoxy) is 1. The minimum Gasteiger partial charge on any atom is -0.441 e. The molecule has 5 nitrogen and oxygen atoms in total. The lowest BCUT2D eigenvalue weighted by molar-refractivity contribution is -0.147. The van der Waals surface area contributed by atoms with Gasteiger partial charge in [-0.15, -0.1) is 0 Å². The highest BCUT2D eigenvalue weighted by atomic mass is 35.5. The predicted octanol–water partition coefficient (Wildman–Crippen LogP) is 3.92. The van der Waals surface area contributed by atoms with Crippen molar-refractivity contribution in [1.82, 2.24) is 10.3 Å². The molecule has 1 amide bonds. The molecule has 1 unspecified atom stereocenters. The zero-order valence-corrected chi connectivity index (χ0v) is 15.2. The molecule has 0 saturated heterocycles. The van der Waals surface area contributed by atoms with Crippen LogP contribution in [0, 0.1) is 6.92 Å². The van der Waals surface area contributed by atoms with Crippen molar-refractivity contribution in [2.45, 2.75) is 32.7 Å². The number of halogens is 4. The van der Waals surface area contributed by atoms with Crippen molar-refractivity contribution in [2.24, 2.45) is 0 Å². The molecular weight excluding hydrogens is 385 g/mol. The third kappa shape index (κ3) is 5.68. The first kappa shape index (κ1) is 20.7. The van der Waals surface area contributed by atoms with Gasteiger partial charge in [0.15, 0.2) is 6.23 Å². The number of benzene rings is 1. The quantitative estimate of drug-likeness (QED) is 0.610. The van der Waals surface area contributed by atoms with Gasteiger partial charge in [0.2, 0.25) is 0 Å². The van der Waals surface area contributed by atoms with Gasteiger partial charge in [-0.25, -0.2) is 0 Å². The summed E-state index contributed by atoms with van der Waals surface area (Å²) in [5.74, 6) is -1.75. The molecule has 144 valence electrons. The summed E-state index contributed by atoms with van der Waals surface area (Å²) < 4.78 is 44.3. The fourth-order valence-corrected chi connectivity index (χ4v) is 2.66. The fraction of sp³-hybridized carbons (Fsp3) is 0.278. The summed E-state index contributed by atoms with van der Waals surface area (Å²) in [6.45, 7) is 2.90. The van der Waals surface area contributed by atoms with E-state index in [4.69, 9.17) is 16.3 Å². The van der Waals surface area contributed by atoms with Crippen molar-refractivity contribution < 1.29 is 27.5 Å². The standard InChI is InChI=1S/C18H16ClF3N2O3/c1-10-7-14(19)15(23-9-10)8-16(27-11(2)25)24-17(26)12-5-3-4-6-13(12)18(20,21)22/h3-7,9,16H,8H2,1-2H3,(H,24,26). The third-order valence-corrected chi connectivity index (χ3v) is 3.84. The number of nitrogens with zero attached hydrogens (tertiary/aromatic N) is 1. The van der Waals surface area contributed by atoms with Crippen LogP contribution in [0.15, 0.2) is 36.5 Å². The van der Waals surface area contributed by atoms with Crippen LogP contribution >= 0.6 is 11.6 Å². The lowest BCUT2D eigenvalue weighted by atomic mass is 10.1. The van der Waals surface area contributed by atoms with E-state index in [1.807, 2.05) is 0 Å². The van der Waals surface area contributed by atoms with Gasteiger partial charge in [0, 0.05) is 19.5 Å². The second kappa shape index (κ2) is 8.39. The smallest absolute Gasteiger partial charge is 0.417 e. The SMILES string of the molecule is CC(=O)OC(Cc1ncc(C)cc1Cl)NC(=O)c1ccccc1C(F)(F)F. The number of rotatable bonds is 5. The molecular formula is C18H16ClF3N2O3. The summed E-state index contributed by atoms with van der Waals surface area (Å²) in [6.07, 6.45) is -4.50. The number of nitrogens with one attached hydrogen (secondary N) is 1. The minimum absolute atomic E-state index is 0.0986. The van der Waals surface area contributed by atoms with Crippen LogP contribution in [0.3, 0.4) is 0 Å². The molecule has 0 radical (unpaired) electrons. The number of carbonyl (C=O) groups excluding carboxylic acids is 2. The number of hydrogen-bond donors (Lipinski definition) is 1. The first-order chi connectivity index (χ1) is 12.6. The van der Waals surface area contributed by atoms with E-state index < -0.39 is 35.4 Å². The Morgan fingerprint density at radius 3 is 2.56 bits per heavy atom. The molecule has 2 aromatic rings. The first-order valence-electron chi connectivity index (χ1n) is 7.83. The number of aryl methyl sites for hydroxylation is 1. The molecule has 0 saturated carbocycles. The fourth-order valence-electron chi connectivity index (χ4n) is 2.36. The van der Waals surface area contributed by atoms with Crippen molar-refractivity contribution in [3.8, 4) is 0 Å². The number of amides is 1. The number of pyridine rings is 1. The molecule has 1 aromatic heterocycles. The molecule has 0 fully saturated rings. The average molecular weight is 401 g/mol. The molecule has 0 aliphatic carbocycles. The lowest BCUT2D eigenvalue weighted by Crippen LogP contribution is -2.40. The summed E-state index contributed by atoms with van der Waals surface area (Å²) in [4.78, 5) is 27.8. The van der Waals surface area contributed by atoms with E-state index in [0.29, 0.717) is 5.69 Å². The molecule has 1 N–H and O–H groups in total. The molecule has 0 aliphatic heterocycles. The number of hydrogen-bond acceptors (Lipinski definition) is 4. The van der Waals surface area contributed by atoms with E-state index in [0.717, 1.165) is 24.6 Å². The minimum atomic E-state index is -4.70. The molecule has 0 spiro atoms. The van der Waals surface area contributed by atoms with Crippen molar-refractivity contribution in [3.63, 3.8) is 0 Å². The Labute approximate surface area is 158 Å². The van der Waals surface area contributed by atoms with Crippen molar-refractivity contribution in [1.29, 1.82) is 0 Å². The third-order valence-electron chi connectivity index (χ3n) is 3.51. The highest BCUT2D eigenvalue weighted by Gasteiger charge is 2.35. The molecule has 1 aromatic carbocycles. The van der Waals surface area contributed by atoms with Crippen LogP contribution in [0.1, 0.15) is 34.1 Å². The van der Waals surface area contributed by atoms with Gasteiger partial charge in [0.05, 0.1) is 21.8 Å². The molecule has 2 rings (SSSR count). The van der Waals surface area contributed by atoms with Crippen LogP contribution in [0.4, 0.5) is 13.2 Å². The van der Waals surface area contributed by atoms with Crippen LogP contribution in [-0.2, 0) is 22.1 Å². The van der Waals surface area contributed by atoms with E-state index in [-0.39, 0.29) is 11.4 Å². The van der Waals surface area contributed by atoms with E-state index in [1.54, 1.807) is 13.0 Å². The Morgan fingerprint density at radius 1 is 1.30 bits per heavy atom. The molecule has 0 aliphatic rings. The summed E-state index contributed by atoms with van der Waals surface area (Å²) in [5, 5.41) is 2.58. The first-order valence-corrected chi connectivity index (χ1v) is 8.21. The predicted molar refractivity (Wildman–Crippen MR) is 92.2 cm³/mol. The van der Waals surface area contributed by atoms with Gasteiger partial charge in [-0.05, 0) is 30.7 Å². The van der Waals surface area contributed by atoms with Crippen LogP contribution in [0.2, 0.25) is 5.02 Å². The van der Waals surface area contributed by atoms with Crippen LogP contribution < -0.4 is 5.32 Å². The van der Waals surface area contributed by atoms with Gasteiger partial charge in [0.25, 0.3) is 5.91 Å². The maximum absolute atomic E-state index is 13.1. The molecule has 1 atom stereocenters. The molecule has 1 heterocycles. The van der Waals surface area contributed by atoms with Crippen molar-refractivity contribution in [2.75, 3.05) is 0 Å². The molecule has 9 heteroatoms. The average Bonchev–Trinajstić information content (AvgIpc) is 2.56. The summed E-state index contributed by atoms with van der Waals surface area (Å²) in [5.41, 5.74) is -0.533. The normalized spacial score (nSPS) is 12.4. The number of carbonyl (C=O) groups is 2. The van der Waals surface area contributed by atoms with Gasteiger partial charge >= 0.3 is 12.1 Å². The Kier molecular flexibility index (Phi) is 6.43. The van der Waals surface area contributed by atoms with E-state index in [2.05, 4.69) is 10.3 Å². The van der Waals surface area contributed by atoms with Crippen LogP contribution in [0.5, 0.6) is 0 Å². The van der Waals surface area contributed by atoms with Gasteiger partial charge in [-0.1, -0.05) is 23.7 Å². The zero-order valence-electron chi connectivity index (χ0n) is 14.4. The van der Waals surface area contributed by atoms with E-state index >= 15 is 0 Å². The highest BCUT2D eigenvalue weighted by Crippen LogP contribution is 2.31. The topological polar surface area (TPSA) is 68.3 Å². The van der Waals surface area contributed by atoms with Gasteiger partial charge < -0.3 is 10.1 Å². The molecule has 27 heavy (non-hydrogen) atoms. The summed E-state index contributed by atoms with van der Waals surface area (Å²) in [6, 6.07) is 5.96. The maximum Gasteiger partial charge on any atom is 0.417 e. The Hall–Kier alpha value is -2.61. The zero-order chi connectivity index (χ0) is 20.2. The van der Waals surface area contributed by atoms with Gasteiger partial charge in [-0.3, -0.25) is 14.6 Å². The Balaban J connectivity index is 2.26. The Bertz CT molecular complexity index is 856. The number of alkyl halides is 3. The van der Waals surface area contributed by atoms with E-state index in [1.165, 1.54) is 18.3 Å². The lowest BCUT2D eigenvalue weighted by Gasteiger charge is -2.20.